The van der Waals surface area contributed by atoms with Gasteiger partial charge in [-0.3, -0.25) is 11.7 Å². The first-order chi connectivity index (χ1) is 6.40. The Morgan fingerprint density at radius 1 is 1.23 bits per heavy atom. The smallest absolute Gasteiger partial charge is 0.0950 e. The summed E-state index contributed by atoms with van der Waals surface area (Å²) in [7, 11) is 0. The summed E-state index contributed by atoms with van der Waals surface area (Å²) in [6, 6.07) is 10.3. The summed E-state index contributed by atoms with van der Waals surface area (Å²) in [5, 5.41) is 8.62. The van der Waals surface area contributed by atoms with E-state index >= 15 is 0 Å². The van der Waals surface area contributed by atoms with Crippen molar-refractivity contribution in [3.8, 4) is 6.07 Å². The van der Waals surface area contributed by atoms with Gasteiger partial charge in [0, 0.05) is 12.0 Å². The first kappa shape index (κ1) is 9.46. The molecule has 0 spiro atoms. The number of nitrogens with zero attached hydrogens (tertiary/aromatic N) is 1. The highest BCUT2D eigenvalue weighted by atomic mass is 15.0. The number of hydrogen-bond acceptors (Lipinski definition) is 3. The molecule has 66 valence electrons. The molecule has 1 aromatic rings. The number of rotatable bonds is 0. The topological polar surface area (TPSA) is 75.8 Å². The maximum absolute atomic E-state index is 8.62. The second-order valence-corrected chi connectivity index (χ2v) is 2.66. The molecule has 0 aromatic heterocycles. The van der Waals surface area contributed by atoms with E-state index < -0.39 is 0 Å². The van der Waals surface area contributed by atoms with Crippen LogP contribution in [-0.4, -0.2) is 0 Å². The zero-order valence-corrected chi connectivity index (χ0v) is 7.20. The van der Waals surface area contributed by atoms with Gasteiger partial charge in [0.2, 0.25) is 0 Å². The molecule has 4 N–H and O–H groups in total. The fourth-order valence-electron chi connectivity index (χ4n) is 1.35. The van der Waals surface area contributed by atoms with Crippen molar-refractivity contribution in [2.45, 2.75) is 6.42 Å². The Labute approximate surface area is 77.2 Å². The third-order valence-electron chi connectivity index (χ3n) is 1.91. The minimum atomic E-state index is 0.812. The van der Waals surface area contributed by atoms with Crippen LogP contribution in [0.3, 0.4) is 0 Å². The van der Waals surface area contributed by atoms with E-state index in [2.05, 4.69) is 23.8 Å². The van der Waals surface area contributed by atoms with Crippen molar-refractivity contribution in [2.75, 3.05) is 0 Å². The molecule has 0 aliphatic heterocycles. The van der Waals surface area contributed by atoms with Crippen molar-refractivity contribution >= 4 is 6.08 Å². The van der Waals surface area contributed by atoms with Crippen molar-refractivity contribution in [1.82, 2.24) is 0 Å². The van der Waals surface area contributed by atoms with Crippen LogP contribution in [0.25, 0.3) is 6.08 Å². The number of nitrogens with two attached hydrogens (primary N) is 2. The van der Waals surface area contributed by atoms with Gasteiger partial charge in [-0.05, 0) is 17.2 Å². The van der Waals surface area contributed by atoms with Gasteiger partial charge in [-0.1, -0.05) is 24.3 Å². The molecular formula is C10H11N3. The van der Waals surface area contributed by atoms with Gasteiger partial charge < -0.3 is 0 Å². The highest BCUT2D eigenvalue weighted by Gasteiger charge is 2.09. The van der Waals surface area contributed by atoms with Gasteiger partial charge in [-0.2, -0.15) is 5.26 Å². The highest BCUT2D eigenvalue weighted by molar-refractivity contribution is 5.66. The fourth-order valence-corrected chi connectivity index (χ4v) is 1.35. The minimum absolute atomic E-state index is 0.812. The average Bonchev–Trinajstić information content (AvgIpc) is 2.63. The molecule has 0 saturated carbocycles. The van der Waals surface area contributed by atoms with Crippen LogP contribution in [-0.2, 0) is 6.42 Å². The zero-order valence-electron chi connectivity index (χ0n) is 7.20. The number of nitriles is 1. The van der Waals surface area contributed by atoms with Gasteiger partial charge in [-0.15, -0.1) is 0 Å². The number of hydrazine groups is 1. The Morgan fingerprint density at radius 2 is 1.92 bits per heavy atom. The van der Waals surface area contributed by atoms with E-state index in [-0.39, 0.29) is 0 Å². The summed E-state index contributed by atoms with van der Waals surface area (Å²) < 4.78 is 0. The molecule has 1 aromatic carbocycles. The minimum Gasteiger partial charge on any atom is -0.274 e. The zero-order chi connectivity index (χ0) is 9.68. The van der Waals surface area contributed by atoms with Crippen LogP contribution in [0.2, 0.25) is 0 Å². The Bertz CT molecular complexity index is 361. The van der Waals surface area contributed by atoms with E-state index in [0.717, 1.165) is 12.0 Å². The number of fused-ring (bicyclic) bond motifs is 1. The SMILES string of the molecule is N#CC1=Cc2ccccc2C1.NN. The summed E-state index contributed by atoms with van der Waals surface area (Å²) in [6.07, 6.45) is 2.77. The molecule has 0 heterocycles. The molecule has 1 aliphatic rings. The lowest BCUT2D eigenvalue weighted by molar-refractivity contribution is 1.25. The molecule has 0 atom stereocenters. The molecule has 0 fully saturated rings. The molecule has 0 radical (unpaired) electrons. The Hall–Kier alpha value is -1.63. The Balaban J connectivity index is 0.000000396. The van der Waals surface area contributed by atoms with Crippen LogP contribution in [0, 0.1) is 11.3 Å². The first-order valence-electron chi connectivity index (χ1n) is 3.92. The molecule has 3 nitrogen and oxygen atoms in total. The standard InChI is InChI=1S/C10H7N.H4N2/c11-7-8-5-9-3-1-2-4-10(9)6-8;1-2/h1-5H,6H2;1-2H2. The van der Waals surface area contributed by atoms with Gasteiger partial charge >= 0.3 is 0 Å². The quantitative estimate of drug-likeness (QED) is 0.453. The summed E-state index contributed by atoms with van der Waals surface area (Å²) in [5.41, 5.74) is 3.33. The molecule has 1 aliphatic carbocycles. The molecule has 0 bridgehead atoms. The predicted octanol–water partition coefficient (Wildman–Crippen LogP) is 0.968. The highest BCUT2D eigenvalue weighted by Crippen LogP contribution is 2.23. The predicted molar refractivity (Wildman–Crippen MR) is 52.1 cm³/mol. The van der Waals surface area contributed by atoms with Crippen molar-refractivity contribution in [1.29, 1.82) is 5.26 Å². The van der Waals surface area contributed by atoms with Crippen LogP contribution in [0.15, 0.2) is 29.8 Å². The summed E-state index contributed by atoms with van der Waals surface area (Å²) in [4.78, 5) is 0. The van der Waals surface area contributed by atoms with Gasteiger partial charge in [-0.25, -0.2) is 0 Å². The van der Waals surface area contributed by atoms with E-state index in [9.17, 15) is 0 Å². The molecule has 13 heavy (non-hydrogen) atoms. The number of allylic oxidation sites excluding steroid dienone is 1. The van der Waals surface area contributed by atoms with Crippen molar-refractivity contribution < 1.29 is 0 Å². The lowest BCUT2D eigenvalue weighted by atomic mass is 10.1. The van der Waals surface area contributed by atoms with Crippen LogP contribution in [0.5, 0.6) is 0 Å². The van der Waals surface area contributed by atoms with Crippen LogP contribution in [0.4, 0.5) is 0 Å². The van der Waals surface area contributed by atoms with Gasteiger partial charge in [0.25, 0.3) is 0 Å². The van der Waals surface area contributed by atoms with E-state index in [0.29, 0.717) is 0 Å². The molecule has 3 heteroatoms. The van der Waals surface area contributed by atoms with Crippen molar-refractivity contribution in [3.63, 3.8) is 0 Å². The normalized spacial score (nSPS) is 11.9. The second-order valence-electron chi connectivity index (χ2n) is 2.66. The van der Waals surface area contributed by atoms with Gasteiger partial charge in [0.15, 0.2) is 0 Å². The first-order valence-corrected chi connectivity index (χ1v) is 3.92. The lowest BCUT2D eigenvalue weighted by Gasteiger charge is -1.93. The lowest BCUT2D eigenvalue weighted by Crippen LogP contribution is -2.02. The third kappa shape index (κ3) is 1.94. The van der Waals surface area contributed by atoms with E-state index in [1.165, 1.54) is 11.1 Å². The fraction of sp³-hybridized carbons (Fsp3) is 0.100. The van der Waals surface area contributed by atoms with Crippen LogP contribution < -0.4 is 11.7 Å². The largest absolute Gasteiger partial charge is 0.274 e. The average molecular weight is 173 g/mol. The van der Waals surface area contributed by atoms with E-state index in [1.54, 1.807) is 0 Å². The summed E-state index contributed by atoms with van der Waals surface area (Å²) in [6.45, 7) is 0. The second kappa shape index (κ2) is 4.41. The summed E-state index contributed by atoms with van der Waals surface area (Å²) in [5.74, 6) is 8.00. The number of hydrogen-bond donors (Lipinski definition) is 2. The van der Waals surface area contributed by atoms with E-state index in [1.807, 2.05) is 24.3 Å². The van der Waals surface area contributed by atoms with Gasteiger partial charge in [0.1, 0.15) is 0 Å². The van der Waals surface area contributed by atoms with Crippen LogP contribution in [0.1, 0.15) is 11.1 Å². The van der Waals surface area contributed by atoms with Crippen LogP contribution >= 0.6 is 0 Å². The van der Waals surface area contributed by atoms with E-state index in [4.69, 9.17) is 5.26 Å². The third-order valence-corrected chi connectivity index (χ3v) is 1.91. The van der Waals surface area contributed by atoms with Crippen molar-refractivity contribution in [2.24, 2.45) is 11.7 Å². The molecule has 0 unspecified atom stereocenters. The van der Waals surface area contributed by atoms with Crippen molar-refractivity contribution in [3.05, 3.63) is 41.0 Å². The maximum Gasteiger partial charge on any atom is 0.0950 e. The monoisotopic (exact) mass is 173 g/mol. The Morgan fingerprint density at radius 3 is 2.54 bits per heavy atom. The maximum atomic E-state index is 8.62. The molecular weight excluding hydrogens is 162 g/mol. The molecule has 0 saturated heterocycles. The van der Waals surface area contributed by atoms with Gasteiger partial charge in [0.05, 0.1) is 6.07 Å². The molecule has 2 rings (SSSR count). The number of benzene rings is 1. The molecule has 0 amide bonds. The Kier molecular flexibility index (Phi) is 3.21. The summed E-state index contributed by atoms with van der Waals surface area (Å²) >= 11 is 0.